The summed E-state index contributed by atoms with van der Waals surface area (Å²) in [7, 11) is 0. The number of aryl methyl sites for hydroxylation is 1. The molecule has 0 amide bonds. The van der Waals surface area contributed by atoms with Crippen molar-refractivity contribution in [2.24, 2.45) is 11.8 Å². The van der Waals surface area contributed by atoms with Crippen molar-refractivity contribution in [3.8, 4) is 0 Å². The van der Waals surface area contributed by atoms with Crippen molar-refractivity contribution in [2.75, 3.05) is 5.32 Å². The fourth-order valence-corrected chi connectivity index (χ4v) is 2.29. The Morgan fingerprint density at radius 1 is 1.31 bits per heavy atom. The van der Waals surface area contributed by atoms with Crippen LogP contribution < -0.4 is 5.32 Å². The van der Waals surface area contributed by atoms with E-state index in [1.165, 1.54) is 18.9 Å². The molecule has 0 heterocycles. The van der Waals surface area contributed by atoms with Gasteiger partial charge in [0.05, 0.1) is 0 Å². The van der Waals surface area contributed by atoms with Crippen LogP contribution in [0.1, 0.15) is 32.3 Å². The number of hydrogen-bond donors (Lipinski definition) is 1. The summed E-state index contributed by atoms with van der Waals surface area (Å²) >= 11 is 0. The molecule has 2 rings (SSSR count). The Balaban J connectivity index is 1.89. The molecule has 0 radical (unpaired) electrons. The van der Waals surface area contributed by atoms with Crippen molar-refractivity contribution in [1.82, 2.24) is 0 Å². The number of hydrogen-bond acceptors (Lipinski definition) is 1. The van der Waals surface area contributed by atoms with E-state index in [9.17, 15) is 4.39 Å². The quantitative estimate of drug-likeness (QED) is 0.814. The Labute approximate surface area is 97.1 Å². The molecule has 0 bridgehead atoms. The molecule has 0 saturated heterocycles. The first kappa shape index (κ1) is 11.4. The fraction of sp³-hybridized carbons (Fsp3) is 0.571. The van der Waals surface area contributed by atoms with Gasteiger partial charge in [0.25, 0.3) is 0 Å². The highest BCUT2D eigenvalue weighted by Crippen LogP contribution is 2.35. The second kappa shape index (κ2) is 4.44. The standard InChI is InChI=1S/C14H20FN/c1-9(2)11-7-13(8-11)16-12-4-5-14(15)10(3)6-12/h4-6,9,11,13,16H,7-8H2,1-3H3. The van der Waals surface area contributed by atoms with Crippen LogP contribution in [0.25, 0.3) is 0 Å². The summed E-state index contributed by atoms with van der Waals surface area (Å²) in [6.07, 6.45) is 2.49. The lowest BCUT2D eigenvalue weighted by atomic mass is 9.73. The fourth-order valence-electron chi connectivity index (χ4n) is 2.29. The van der Waals surface area contributed by atoms with Gasteiger partial charge in [0.2, 0.25) is 0 Å². The third kappa shape index (κ3) is 2.37. The minimum atomic E-state index is -0.126. The van der Waals surface area contributed by atoms with Crippen LogP contribution in [0.2, 0.25) is 0 Å². The zero-order valence-corrected chi connectivity index (χ0v) is 10.3. The number of rotatable bonds is 3. The average Bonchev–Trinajstić information content (AvgIpc) is 2.15. The van der Waals surface area contributed by atoms with E-state index >= 15 is 0 Å². The maximum atomic E-state index is 13.1. The normalized spacial score (nSPS) is 24.3. The molecule has 0 aromatic heterocycles. The predicted molar refractivity (Wildman–Crippen MR) is 66.1 cm³/mol. The largest absolute Gasteiger partial charge is 0.382 e. The van der Waals surface area contributed by atoms with Crippen LogP contribution in [-0.4, -0.2) is 6.04 Å². The molecule has 1 aliphatic carbocycles. The van der Waals surface area contributed by atoms with Gasteiger partial charge in [-0.05, 0) is 55.4 Å². The van der Waals surface area contributed by atoms with Crippen LogP contribution in [0.4, 0.5) is 10.1 Å². The molecule has 1 fully saturated rings. The minimum absolute atomic E-state index is 0.126. The Bertz CT molecular complexity index is 367. The van der Waals surface area contributed by atoms with Gasteiger partial charge in [-0.25, -0.2) is 4.39 Å². The Hall–Kier alpha value is -1.05. The van der Waals surface area contributed by atoms with Gasteiger partial charge in [0.15, 0.2) is 0 Å². The maximum Gasteiger partial charge on any atom is 0.126 e. The van der Waals surface area contributed by atoms with Crippen molar-refractivity contribution >= 4 is 5.69 Å². The highest BCUT2D eigenvalue weighted by Gasteiger charge is 2.30. The molecular weight excluding hydrogens is 201 g/mol. The number of halogens is 1. The molecule has 0 unspecified atom stereocenters. The summed E-state index contributed by atoms with van der Waals surface area (Å²) in [6.45, 7) is 6.37. The van der Waals surface area contributed by atoms with E-state index in [1.54, 1.807) is 6.92 Å². The van der Waals surface area contributed by atoms with E-state index in [0.29, 0.717) is 11.6 Å². The van der Waals surface area contributed by atoms with Crippen molar-refractivity contribution in [3.05, 3.63) is 29.6 Å². The average molecular weight is 221 g/mol. The van der Waals surface area contributed by atoms with E-state index in [0.717, 1.165) is 17.5 Å². The summed E-state index contributed by atoms with van der Waals surface area (Å²) in [5.74, 6) is 1.52. The van der Waals surface area contributed by atoms with Crippen LogP contribution in [0, 0.1) is 24.6 Å². The Kier molecular flexibility index (Phi) is 3.17. The zero-order valence-electron chi connectivity index (χ0n) is 10.3. The second-order valence-electron chi connectivity index (χ2n) is 5.28. The molecule has 0 aliphatic heterocycles. The minimum Gasteiger partial charge on any atom is -0.382 e. The van der Waals surface area contributed by atoms with E-state index in [-0.39, 0.29) is 5.82 Å². The van der Waals surface area contributed by atoms with Crippen molar-refractivity contribution in [1.29, 1.82) is 0 Å². The molecule has 88 valence electrons. The van der Waals surface area contributed by atoms with Crippen molar-refractivity contribution in [2.45, 2.75) is 39.7 Å². The summed E-state index contributed by atoms with van der Waals surface area (Å²) in [6, 6.07) is 5.83. The zero-order chi connectivity index (χ0) is 11.7. The molecule has 1 saturated carbocycles. The van der Waals surface area contributed by atoms with E-state index in [1.807, 2.05) is 12.1 Å². The van der Waals surface area contributed by atoms with Gasteiger partial charge >= 0.3 is 0 Å². The lowest BCUT2D eigenvalue weighted by Crippen LogP contribution is -2.37. The van der Waals surface area contributed by atoms with Crippen molar-refractivity contribution < 1.29 is 4.39 Å². The third-order valence-corrected chi connectivity index (χ3v) is 3.65. The molecule has 1 nitrogen and oxygen atoms in total. The molecule has 2 heteroatoms. The first-order valence-corrected chi connectivity index (χ1v) is 6.09. The molecule has 0 spiro atoms. The number of anilines is 1. The van der Waals surface area contributed by atoms with Gasteiger partial charge in [0.1, 0.15) is 5.82 Å². The predicted octanol–water partition coefficient (Wildman–Crippen LogP) is 3.98. The molecular formula is C14H20FN. The van der Waals surface area contributed by atoms with Gasteiger partial charge in [-0.2, -0.15) is 0 Å². The first-order valence-electron chi connectivity index (χ1n) is 6.09. The molecule has 1 aromatic rings. The SMILES string of the molecule is Cc1cc(NC2CC(C(C)C)C2)ccc1F. The molecule has 1 aromatic carbocycles. The maximum absolute atomic E-state index is 13.1. The van der Waals surface area contributed by atoms with E-state index < -0.39 is 0 Å². The van der Waals surface area contributed by atoms with Gasteiger partial charge in [0, 0.05) is 11.7 Å². The lowest BCUT2D eigenvalue weighted by Gasteiger charge is -2.39. The first-order chi connectivity index (χ1) is 7.56. The second-order valence-corrected chi connectivity index (χ2v) is 5.28. The van der Waals surface area contributed by atoms with Crippen molar-refractivity contribution in [3.63, 3.8) is 0 Å². The monoisotopic (exact) mass is 221 g/mol. The summed E-state index contributed by atoms with van der Waals surface area (Å²) in [4.78, 5) is 0. The highest BCUT2D eigenvalue weighted by atomic mass is 19.1. The molecule has 1 N–H and O–H groups in total. The topological polar surface area (TPSA) is 12.0 Å². The van der Waals surface area contributed by atoms with Crippen LogP contribution in [-0.2, 0) is 0 Å². The van der Waals surface area contributed by atoms with Crippen LogP contribution >= 0.6 is 0 Å². The molecule has 16 heavy (non-hydrogen) atoms. The summed E-state index contributed by atoms with van der Waals surface area (Å²) in [5, 5.41) is 3.46. The van der Waals surface area contributed by atoms with Crippen LogP contribution in [0.15, 0.2) is 18.2 Å². The Morgan fingerprint density at radius 2 is 2.00 bits per heavy atom. The molecule has 0 atom stereocenters. The lowest BCUT2D eigenvalue weighted by molar-refractivity contribution is 0.212. The van der Waals surface area contributed by atoms with Gasteiger partial charge in [-0.1, -0.05) is 13.8 Å². The van der Waals surface area contributed by atoms with Gasteiger partial charge in [-0.3, -0.25) is 0 Å². The highest BCUT2D eigenvalue weighted by molar-refractivity contribution is 5.47. The van der Waals surface area contributed by atoms with Crippen LogP contribution in [0.3, 0.4) is 0 Å². The van der Waals surface area contributed by atoms with Gasteiger partial charge < -0.3 is 5.32 Å². The summed E-state index contributed by atoms with van der Waals surface area (Å²) in [5.41, 5.74) is 1.76. The van der Waals surface area contributed by atoms with Gasteiger partial charge in [-0.15, -0.1) is 0 Å². The summed E-state index contributed by atoms with van der Waals surface area (Å²) < 4.78 is 13.1. The third-order valence-electron chi connectivity index (χ3n) is 3.65. The molecule has 1 aliphatic rings. The van der Waals surface area contributed by atoms with E-state index in [4.69, 9.17) is 0 Å². The van der Waals surface area contributed by atoms with Crippen LogP contribution in [0.5, 0.6) is 0 Å². The number of nitrogens with one attached hydrogen (secondary N) is 1. The Morgan fingerprint density at radius 3 is 2.56 bits per heavy atom. The number of benzene rings is 1. The van der Waals surface area contributed by atoms with E-state index in [2.05, 4.69) is 19.2 Å². The smallest absolute Gasteiger partial charge is 0.126 e.